The fourth-order valence-corrected chi connectivity index (χ4v) is 3.83. The lowest BCUT2D eigenvalue weighted by Crippen LogP contribution is -2.35. The van der Waals surface area contributed by atoms with Crippen LogP contribution in [0.1, 0.15) is 6.92 Å². The fraction of sp³-hybridized carbons (Fsp3) is 0.235. The molecule has 0 saturated carbocycles. The number of carbonyl (C=O) groups is 1. The monoisotopic (exact) mass is 460 g/mol. The van der Waals surface area contributed by atoms with Gasteiger partial charge in [-0.15, -0.1) is 0 Å². The van der Waals surface area contributed by atoms with E-state index in [0.717, 1.165) is 8.78 Å². The summed E-state index contributed by atoms with van der Waals surface area (Å²) in [5.41, 5.74) is 0.577. The first-order valence-corrected chi connectivity index (χ1v) is 10.3. The third kappa shape index (κ3) is 5.20. The van der Waals surface area contributed by atoms with Crippen molar-refractivity contribution in [3.05, 3.63) is 52.0 Å². The molecule has 0 aromatic heterocycles. The number of anilines is 1. The van der Waals surface area contributed by atoms with Crippen LogP contribution < -0.4 is 10.1 Å². The molecule has 0 spiro atoms. The van der Waals surface area contributed by atoms with E-state index in [2.05, 4.69) is 21.2 Å². The highest BCUT2D eigenvalue weighted by Gasteiger charge is 2.24. The van der Waals surface area contributed by atoms with Crippen LogP contribution in [0.3, 0.4) is 0 Å². The van der Waals surface area contributed by atoms with Gasteiger partial charge in [0.25, 0.3) is 0 Å². The zero-order chi connectivity index (χ0) is 19.3. The maximum Gasteiger partial charge on any atom is 0.243 e. The standard InChI is InChI=1S/C17H18BrClN2O4S/c1-3-25-16-9-8-14(10-15(16)19)26(23,24)21(2)11-17(22)20-13-6-4-12(18)5-7-13/h4-10H,3,11H2,1-2H3,(H,20,22). The van der Waals surface area contributed by atoms with Gasteiger partial charge in [0.1, 0.15) is 5.75 Å². The molecule has 0 radical (unpaired) electrons. The van der Waals surface area contributed by atoms with E-state index in [1.807, 2.05) is 0 Å². The molecule has 0 aliphatic rings. The fourth-order valence-electron chi connectivity index (χ4n) is 2.12. The first-order chi connectivity index (χ1) is 12.2. The van der Waals surface area contributed by atoms with E-state index in [1.54, 1.807) is 31.2 Å². The molecule has 2 rings (SSSR count). The number of nitrogens with zero attached hydrogens (tertiary/aromatic N) is 1. The van der Waals surface area contributed by atoms with Crippen molar-refractivity contribution >= 4 is 49.1 Å². The second-order valence-corrected chi connectivity index (χ2v) is 8.71. The number of likely N-dealkylation sites (N-methyl/N-ethyl adjacent to an activating group) is 1. The number of hydrogen-bond acceptors (Lipinski definition) is 4. The van der Waals surface area contributed by atoms with Crippen molar-refractivity contribution in [3.63, 3.8) is 0 Å². The van der Waals surface area contributed by atoms with Crippen LogP contribution in [0, 0.1) is 0 Å². The molecule has 26 heavy (non-hydrogen) atoms. The second kappa shape index (κ2) is 8.85. The number of ether oxygens (including phenoxy) is 1. The summed E-state index contributed by atoms with van der Waals surface area (Å²) in [5, 5.41) is 2.84. The van der Waals surface area contributed by atoms with Crippen LogP contribution in [-0.4, -0.2) is 38.8 Å². The molecule has 0 heterocycles. The van der Waals surface area contributed by atoms with Gasteiger partial charge in [-0.25, -0.2) is 8.42 Å². The minimum absolute atomic E-state index is 0.00936. The van der Waals surface area contributed by atoms with Crippen molar-refractivity contribution in [2.24, 2.45) is 0 Å². The highest BCUT2D eigenvalue weighted by atomic mass is 79.9. The number of carbonyl (C=O) groups excluding carboxylic acids is 1. The van der Waals surface area contributed by atoms with Crippen LogP contribution >= 0.6 is 27.5 Å². The van der Waals surface area contributed by atoms with Gasteiger partial charge in [-0.1, -0.05) is 27.5 Å². The zero-order valence-electron chi connectivity index (χ0n) is 14.2. The van der Waals surface area contributed by atoms with E-state index in [1.165, 1.54) is 25.2 Å². The molecule has 0 atom stereocenters. The average Bonchev–Trinajstić information content (AvgIpc) is 2.58. The number of halogens is 2. The van der Waals surface area contributed by atoms with E-state index < -0.39 is 15.9 Å². The molecule has 0 unspecified atom stereocenters. The lowest BCUT2D eigenvalue weighted by molar-refractivity contribution is -0.116. The third-order valence-corrected chi connectivity index (χ3v) is 6.03. The molecule has 1 amide bonds. The van der Waals surface area contributed by atoms with Crippen molar-refractivity contribution in [2.45, 2.75) is 11.8 Å². The Hall–Kier alpha value is -1.61. The van der Waals surface area contributed by atoms with Gasteiger partial charge in [0.2, 0.25) is 15.9 Å². The van der Waals surface area contributed by atoms with Crippen molar-refractivity contribution in [1.29, 1.82) is 0 Å². The number of rotatable bonds is 7. The van der Waals surface area contributed by atoms with Crippen molar-refractivity contribution in [3.8, 4) is 5.75 Å². The largest absolute Gasteiger partial charge is 0.492 e. The number of nitrogens with one attached hydrogen (secondary N) is 1. The maximum atomic E-state index is 12.6. The summed E-state index contributed by atoms with van der Waals surface area (Å²) in [6.07, 6.45) is 0. The summed E-state index contributed by atoms with van der Waals surface area (Å²) in [7, 11) is -2.53. The first kappa shape index (κ1) is 20.7. The van der Waals surface area contributed by atoms with Crippen molar-refractivity contribution < 1.29 is 17.9 Å². The summed E-state index contributed by atoms with van der Waals surface area (Å²) in [5.74, 6) is -0.0424. The quantitative estimate of drug-likeness (QED) is 0.681. The molecule has 0 aliphatic heterocycles. The minimum atomic E-state index is -3.86. The lowest BCUT2D eigenvalue weighted by Gasteiger charge is -2.17. The summed E-state index contributed by atoms with van der Waals surface area (Å²) < 4.78 is 32.4. The molecule has 2 aromatic carbocycles. The van der Waals surface area contributed by atoms with E-state index in [0.29, 0.717) is 18.0 Å². The Bertz CT molecular complexity index is 888. The molecule has 1 N–H and O–H groups in total. The van der Waals surface area contributed by atoms with Gasteiger partial charge in [-0.05, 0) is 49.4 Å². The van der Waals surface area contributed by atoms with Gasteiger partial charge in [-0.2, -0.15) is 4.31 Å². The molecule has 0 aliphatic carbocycles. The van der Waals surface area contributed by atoms with Crippen LogP contribution in [0.15, 0.2) is 51.8 Å². The van der Waals surface area contributed by atoms with Crippen molar-refractivity contribution in [2.75, 3.05) is 25.5 Å². The van der Waals surface area contributed by atoms with Crippen LogP contribution in [0.25, 0.3) is 0 Å². The SMILES string of the molecule is CCOc1ccc(S(=O)(=O)N(C)CC(=O)Nc2ccc(Br)cc2)cc1Cl. The van der Waals surface area contributed by atoms with Gasteiger partial charge in [0, 0.05) is 17.2 Å². The van der Waals surface area contributed by atoms with Gasteiger partial charge in [0.15, 0.2) is 0 Å². The summed E-state index contributed by atoms with van der Waals surface area (Å²) in [6.45, 7) is 1.89. The highest BCUT2D eigenvalue weighted by molar-refractivity contribution is 9.10. The predicted molar refractivity (Wildman–Crippen MR) is 105 cm³/mol. The van der Waals surface area contributed by atoms with E-state index >= 15 is 0 Å². The predicted octanol–water partition coefficient (Wildman–Crippen LogP) is 3.76. The molecule has 0 saturated heterocycles. The molecule has 6 nitrogen and oxygen atoms in total. The zero-order valence-corrected chi connectivity index (χ0v) is 17.4. The Labute approximate surface area is 166 Å². The maximum absolute atomic E-state index is 12.6. The average molecular weight is 462 g/mol. The Morgan fingerprint density at radius 3 is 2.46 bits per heavy atom. The number of benzene rings is 2. The molecule has 2 aromatic rings. The normalized spacial score (nSPS) is 11.4. The van der Waals surface area contributed by atoms with Gasteiger partial charge in [-0.3, -0.25) is 4.79 Å². The molecule has 0 fully saturated rings. The van der Waals surface area contributed by atoms with Gasteiger partial charge < -0.3 is 10.1 Å². The Morgan fingerprint density at radius 1 is 1.23 bits per heavy atom. The summed E-state index contributed by atoms with van der Waals surface area (Å²) >= 11 is 9.36. The Balaban J connectivity index is 2.09. The molecular weight excluding hydrogens is 444 g/mol. The Kier molecular flexibility index (Phi) is 7.05. The first-order valence-electron chi connectivity index (χ1n) is 7.68. The topological polar surface area (TPSA) is 75.7 Å². The number of hydrogen-bond donors (Lipinski definition) is 1. The van der Waals surface area contributed by atoms with Crippen molar-refractivity contribution in [1.82, 2.24) is 4.31 Å². The lowest BCUT2D eigenvalue weighted by atomic mass is 10.3. The summed E-state index contributed by atoms with van der Waals surface area (Å²) in [6, 6.07) is 11.2. The van der Waals surface area contributed by atoms with Crippen LogP contribution in [-0.2, 0) is 14.8 Å². The second-order valence-electron chi connectivity index (χ2n) is 5.34. The van der Waals surface area contributed by atoms with Crippen LogP contribution in [0.4, 0.5) is 5.69 Å². The Morgan fingerprint density at radius 2 is 1.88 bits per heavy atom. The molecule has 0 bridgehead atoms. The van der Waals surface area contributed by atoms with E-state index in [4.69, 9.17) is 16.3 Å². The van der Waals surface area contributed by atoms with Crippen LogP contribution in [0.5, 0.6) is 5.75 Å². The summed E-state index contributed by atoms with van der Waals surface area (Å²) in [4.78, 5) is 12.1. The van der Waals surface area contributed by atoms with E-state index in [-0.39, 0.29) is 16.5 Å². The van der Waals surface area contributed by atoms with Gasteiger partial charge in [0.05, 0.1) is 23.1 Å². The smallest absolute Gasteiger partial charge is 0.243 e. The van der Waals surface area contributed by atoms with Gasteiger partial charge >= 0.3 is 0 Å². The van der Waals surface area contributed by atoms with Crippen LogP contribution in [0.2, 0.25) is 5.02 Å². The third-order valence-electron chi connectivity index (χ3n) is 3.41. The molecular formula is C17H18BrClN2O4S. The molecule has 9 heteroatoms. The molecule has 140 valence electrons. The minimum Gasteiger partial charge on any atom is -0.492 e. The highest BCUT2D eigenvalue weighted by Crippen LogP contribution is 2.28. The number of amides is 1. The van der Waals surface area contributed by atoms with E-state index in [9.17, 15) is 13.2 Å². The number of sulfonamides is 1.